The highest BCUT2D eigenvalue weighted by Gasteiger charge is 2.48. The maximum atomic E-state index is 12.2. The van der Waals surface area contributed by atoms with E-state index in [4.69, 9.17) is 14.3 Å². The summed E-state index contributed by atoms with van der Waals surface area (Å²) in [6.45, 7) is 13.2. The van der Waals surface area contributed by atoms with Crippen LogP contribution in [0.5, 0.6) is 0 Å². The van der Waals surface area contributed by atoms with Gasteiger partial charge in [0.1, 0.15) is 5.60 Å². The van der Waals surface area contributed by atoms with E-state index in [2.05, 4.69) is 10.5 Å². The van der Waals surface area contributed by atoms with Gasteiger partial charge in [-0.15, -0.1) is 0 Å². The minimum atomic E-state index is -1.10. The lowest BCUT2D eigenvalue weighted by Crippen LogP contribution is -2.48. The fourth-order valence-electron chi connectivity index (χ4n) is 2.45. The van der Waals surface area contributed by atoms with Crippen molar-refractivity contribution in [1.29, 1.82) is 0 Å². The number of hydrogen-bond donors (Lipinski definition) is 1. The Labute approximate surface area is 144 Å². The van der Waals surface area contributed by atoms with E-state index in [1.54, 1.807) is 27.7 Å². The van der Waals surface area contributed by atoms with Gasteiger partial charge in [-0.05, 0) is 40.0 Å². The summed E-state index contributed by atoms with van der Waals surface area (Å²) in [7, 11) is 0. The van der Waals surface area contributed by atoms with Gasteiger partial charge in [-0.1, -0.05) is 25.9 Å². The molecule has 0 saturated carbocycles. The van der Waals surface area contributed by atoms with Gasteiger partial charge in [-0.3, -0.25) is 0 Å². The van der Waals surface area contributed by atoms with Crippen molar-refractivity contribution in [3.63, 3.8) is 0 Å². The summed E-state index contributed by atoms with van der Waals surface area (Å²) in [5.41, 5.74) is -1.07. The molecule has 1 N–H and O–H groups in total. The Kier molecular flexibility index (Phi) is 6.63. The van der Waals surface area contributed by atoms with Crippen molar-refractivity contribution < 1.29 is 23.9 Å². The molecule has 24 heavy (non-hydrogen) atoms. The molecule has 0 bridgehead atoms. The van der Waals surface area contributed by atoms with Gasteiger partial charge in [0.05, 0.1) is 18.4 Å². The fourth-order valence-corrected chi connectivity index (χ4v) is 2.45. The lowest BCUT2D eigenvalue weighted by Gasteiger charge is -2.26. The number of carbonyl (C=O) groups excluding carboxylic acids is 2. The Balaban J connectivity index is 2.84. The van der Waals surface area contributed by atoms with E-state index in [-0.39, 0.29) is 18.6 Å². The van der Waals surface area contributed by atoms with Crippen LogP contribution in [0.25, 0.3) is 0 Å². The topological polar surface area (TPSA) is 86.2 Å². The number of ether oxygens (including phenoxy) is 2. The van der Waals surface area contributed by atoms with Crippen molar-refractivity contribution in [3.05, 3.63) is 0 Å². The molecular weight excluding hydrogens is 312 g/mol. The Hall–Kier alpha value is -1.79. The number of nitrogens with one attached hydrogen (secondary N) is 1. The summed E-state index contributed by atoms with van der Waals surface area (Å²) in [6.07, 6.45) is 0.214. The predicted octanol–water partition coefficient (Wildman–Crippen LogP) is 3.02. The first-order chi connectivity index (χ1) is 11.0. The molecule has 1 unspecified atom stereocenters. The van der Waals surface area contributed by atoms with Crippen LogP contribution in [0.2, 0.25) is 0 Å². The van der Waals surface area contributed by atoms with E-state index in [0.717, 1.165) is 0 Å². The predicted molar refractivity (Wildman–Crippen MR) is 90.8 cm³/mol. The van der Waals surface area contributed by atoms with E-state index in [1.165, 1.54) is 0 Å². The first-order valence-corrected chi connectivity index (χ1v) is 8.46. The van der Waals surface area contributed by atoms with Crippen LogP contribution in [0.4, 0.5) is 4.79 Å². The maximum absolute atomic E-state index is 12.2. The minimum Gasteiger partial charge on any atom is -0.463 e. The minimum absolute atomic E-state index is 0.0646. The first kappa shape index (κ1) is 20.3. The summed E-state index contributed by atoms with van der Waals surface area (Å²) in [4.78, 5) is 29.7. The summed E-state index contributed by atoms with van der Waals surface area (Å²) >= 11 is 0. The molecule has 2 atom stereocenters. The van der Waals surface area contributed by atoms with Crippen molar-refractivity contribution in [2.75, 3.05) is 6.61 Å². The number of nitrogens with zero attached hydrogens (tertiary/aromatic N) is 1. The van der Waals surface area contributed by atoms with Crippen molar-refractivity contribution in [2.24, 2.45) is 11.1 Å². The fraction of sp³-hybridized carbons (Fsp3) is 0.824. The molecule has 7 heteroatoms. The van der Waals surface area contributed by atoms with Crippen molar-refractivity contribution >= 4 is 17.8 Å². The lowest BCUT2D eigenvalue weighted by molar-refractivity contribution is -0.169. The largest absolute Gasteiger partial charge is 0.463 e. The van der Waals surface area contributed by atoms with Crippen LogP contribution in [0.1, 0.15) is 61.3 Å². The van der Waals surface area contributed by atoms with Gasteiger partial charge in [0.2, 0.25) is 5.60 Å². The molecule has 0 aliphatic carbocycles. The Bertz CT molecular complexity index is 496. The Morgan fingerprint density at radius 1 is 1.33 bits per heavy atom. The van der Waals surface area contributed by atoms with Gasteiger partial charge in [-0.2, -0.15) is 0 Å². The molecule has 0 aromatic heterocycles. The van der Waals surface area contributed by atoms with Gasteiger partial charge in [-0.25, -0.2) is 9.59 Å². The zero-order chi connectivity index (χ0) is 18.5. The molecule has 0 fully saturated rings. The summed E-state index contributed by atoms with van der Waals surface area (Å²) < 4.78 is 10.4. The molecule has 0 aromatic rings. The number of rotatable bonds is 6. The summed E-state index contributed by atoms with van der Waals surface area (Å²) in [5.74, 6) is -0.360. The molecule has 0 aromatic carbocycles. The van der Waals surface area contributed by atoms with E-state index in [9.17, 15) is 9.59 Å². The number of alkyl carbamates (subject to hydrolysis) is 1. The third kappa shape index (κ3) is 5.11. The highest BCUT2D eigenvalue weighted by Crippen LogP contribution is 2.31. The molecule has 1 aliphatic heterocycles. The van der Waals surface area contributed by atoms with Gasteiger partial charge in [0.15, 0.2) is 0 Å². The smallest absolute Gasteiger partial charge is 0.408 e. The van der Waals surface area contributed by atoms with Gasteiger partial charge in [0, 0.05) is 6.42 Å². The average molecular weight is 342 g/mol. The summed E-state index contributed by atoms with van der Waals surface area (Å²) in [6, 6.07) is -0.372. The van der Waals surface area contributed by atoms with Crippen LogP contribution < -0.4 is 5.32 Å². The second-order valence-electron chi connectivity index (χ2n) is 7.29. The van der Waals surface area contributed by atoms with Gasteiger partial charge in [0.25, 0.3) is 0 Å². The molecule has 0 radical (unpaired) electrons. The van der Waals surface area contributed by atoms with E-state index < -0.39 is 23.3 Å². The Morgan fingerprint density at radius 2 is 1.96 bits per heavy atom. The number of carbonyl (C=O) groups is 2. The lowest BCUT2D eigenvalue weighted by atomic mass is 9.88. The molecule has 1 heterocycles. The molecule has 0 saturated heterocycles. The molecule has 1 amide bonds. The van der Waals surface area contributed by atoms with E-state index in [0.29, 0.717) is 18.6 Å². The molecule has 0 spiro atoms. The van der Waals surface area contributed by atoms with E-state index >= 15 is 0 Å². The monoisotopic (exact) mass is 342 g/mol. The van der Waals surface area contributed by atoms with Crippen LogP contribution in [-0.2, 0) is 19.1 Å². The third-order valence-electron chi connectivity index (χ3n) is 3.72. The zero-order valence-corrected chi connectivity index (χ0v) is 15.8. The molecule has 138 valence electrons. The second-order valence-corrected chi connectivity index (χ2v) is 7.29. The van der Waals surface area contributed by atoms with Crippen LogP contribution >= 0.6 is 0 Å². The number of hydrogen-bond acceptors (Lipinski definition) is 6. The molecule has 1 aliphatic rings. The third-order valence-corrected chi connectivity index (χ3v) is 3.72. The zero-order valence-electron chi connectivity index (χ0n) is 15.8. The van der Waals surface area contributed by atoms with Crippen molar-refractivity contribution in [3.8, 4) is 0 Å². The number of esters is 1. The number of amides is 1. The van der Waals surface area contributed by atoms with Crippen LogP contribution in [-0.4, -0.2) is 41.6 Å². The van der Waals surface area contributed by atoms with Crippen LogP contribution in [0, 0.1) is 5.92 Å². The van der Waals surface area contributed by atoms with Crippen LogP contribution in [0.15, 0.2) is 5.16 Å². The van der Waals surface area contributed by atoms with E-state index in [1.807, 2.05) is 20.8 Å². The quantitative estimate of drug-likeness (QED) is 0.750. The molecule has 7 nitrogen and oxygen atoms in total. The number of oxime groups is 1. The van der Waals surface area contributed by atoms with Gasteiger partial charge >= 0.3 is 12.1 Å². The Morgan fingerprint density at radius 3 is 2.42 bits per heavy atom. The average Bonchev–Trinajstić information content (AvgIpc) is 2.88. The standard InChI is InChI=1S/C17H30N2O5/c1-8-17(14(20)22-9-2)10-12(19-24-17)13(11(3)4)18-15(21)23-16(5,6)7/h11,13H,8-10H2,1-7H3,(H,18,21)/t13-,17?/m0/s1. The van der Waals surface area contributed by atoms with Gasteiger partial charge < -0.3 is 19.6 Å². The van der Waals surface area contributed by atoms with Crippen molar-refractivity contribution in [1.82, 2.24) is 5.32 Å². The normalized spacial score (nSPS) is 21.8. The maximum Gasteiger partial charge on any atom is 0.408 e. The van der Waals surface area contributed by atoms with Crippen LogP contribution in [0.3, 0.4) is 0 Å². The molecule has 1 rings (SSSR count). The molecular formula is C17H30N2O5. The van der Waals surface area contributed by atoms with Crippen molar-refractivity contribution in [2.45, 2.75) is 78.6 Å². The summed E-state index contributed by atoms with van der Waals surface area (Å²) in [5, 5.41) is 6.90. The second kappa shape index (κ2) is 7.85. The first-order valence-electron chi connectivity index (χ1n) is 8.46. The highest BCUT2D eigenvalue weighted by atomic mass is 16.7. The highest BCUT2D eigenvalue weighted by molar-refractivity contribution is 5.98. The SMILES string of the molecule is CCOC(=O)C1(CC)CC([C@@H](NC(=O)OC(C)(C)C)C(C)C)=NO1.